The van der Waals surface area contributed by atoms with Gasteiger partial charge in [-0.15, -0.1) is 0 Å². The maximum absolute atomic E-state index is 15.3. The number of carbonyl (C=O) groups excluding carboxylic acids is 1. The van der Waals surface area contributed by atoms with E-state index in [2.05, 4.69) is 25.0 Å². The molecule has 0 saturated heterocycles. The Balaban J connectivity index is 1.73. The van der Waals surface area contributed by atoms with Crippen molar-refractivity contribution in [3.63, 3.8) is 0 Å². The van der Waals surface area contributed by atoms with Crippen LogP contribution in [-0.2, 0) is 11.0 Å². The van der Waals surface area contributed by atoms with Crippen molar-refractivity contribution in [3.8, 4) is 17.1 Å². The molecule has 4 rings (SSSR count). The van der Waals surface area contributed by atoms with Crippen molar-refractivity contribution < 1.29 is 22.5 Å². The molecule has 0 spiro atoms. The van der Waals surface area contributed by atoms with Crippen LogP contribution in [-0.4, -0.2) is 43.6 Å². The van der Waals surface area contributed by atoms with Crippen LogP contribution in [0.4, 0.5) is 14.5 Å². The van der Waals surface area contributed by atoms with E-state index in [-0.39, 0.29) is 27.9 Å². The Morgan fingerprint density at radius 1 is 1.18 bits per heavy atom. The highest BCUT2D eigenvalue weighted by Gasteiger charge is 2.21. The van der Waals surface area contributed by atoms with Gasteiger partial charge in [-0.1, -0.05) is 0 Å². The van der Waals surface area contributed by atoms with E-state index < -0.39 is 34.1 Å². The molecule has 33 heavy (non-hydrogen) atoms. The summed E-state index contributed by atoms with van der Waals surface area (Å²) in [5.41, 5.74) is 0.561. The molecule has 0 fully saturated rings. The molecule has 9 nitrogen and oxygen atoms in total. The number of nitrogens with zero attached hydrogens (tertiary/aromatic N) is 4. The lowest BCUT2D eigenvalue weighted by Crippen LogP contribution is -2.18. The first-order valence-corrected chi connectivity index (χ1v) is 10.7. The van der Waals surface area contributed by atoms with Crippen LogP contribution < -0.4 is 14.8 Å². The largest absolute Gasteiger partial charge is 0.480 e. The number of methoxy groups -OCH3 is 1. The number of aryl methyl sites for hydroxylation is 1. The molecule has 1 atom stereocenters. The number of imidazole rings is 1. The number of aromatic nitrogens is 4. The Kier molecular flexibility index (Phi) is 6.01. The van der Waals surface area contributed by atoms with Gasteiger partial charge in [0.1, 0.15) is 17.0 Å². The Bertz CT molecular complexity index is 1410. The van der Waals surface area contributed by atoms with Crippen LogP contribution in [0.2, 0.25) is 0 Å². The molecule has 4 aromatic rings. The van der Waals surface area contributed by atoms with Crippen LogP contribution in [0.15, 0.2) is 48.0 Å². The number of anilines is 1. The molecule has 0 bridgehead atoms. The topological polar surface area (TPSA) is 111 Å². The molecule has 1 unspecified atom stereocenters. The van der Waals surface area contributed by atoms with E-state index >= 15 is 4.39 Å². The molecule has 170 valence electrons. The maximum atomic E-state index is 15.3. The van der Waals surface area contributed by atoms with Gasteiger partial charge in [-0.2, -0.15) is 0 Å². The molecular formula is C21H18F2N6O3S. The molecule has 12 heteroatoms. The van der Waals surface area contributed by atoms with Gasteiger partial charge < -0.3 is 14.5 Å². The number of carbonyl (C=O) groups is 1. The minimum Gasteiger partial charge on any atom is -0.480 e. The summed E-state index contributed by atoms with van der Waals surface area (Å²) in [6.07, 6.45) is 5.54. The van der Waals surface area contributed by atoms with Crippen molar-refractivity contribution >= 4 is 28.1 Å². The minimum atomic E-state index is -1.94. The van der Waals surface area contributed by atoms with Gasteiger partial charge in [0.05, 0.1) is 35.8 Å². The molecule has 0 radical (unpaired) electrons. The van der Waals surface area contributed by atoms with E-state index in [0.717, 1.165) is 17.7 Å². The van der Waals surface area contributed by atoms with Gasteiger partial charge in [-0.05, 0) is 30.7 Å². The highest BCUT2D eigenvalue weighted by atomic mass is 32.2. The van der Waals surface area contributed by atoms with E-state index in [1.54, 1.807) is 19.2 Å². The minimum absolute atomic E-state index is 0.0393. The Labute approximate surface area is 189 Å². The number of hydrogen-bond acceptors (Lipinski definition) is 6. The van der Waals surface area contributed by atoms with Crippen LogP contribution in [0, 0.1) is 18.6 Å². The summed E-state index contributed by atoms with van der Waals surface area (Å²) in [4.78, 5) is 24.3. The number of amides is 1. The zero-order valence-corrected chi connectivity index (χ0v) is 18.5. The highest BCUT2D eigenvalue weighted by molar-refractivity contribution is 7.86. The first kappa shape index (κ1) is 22.3. The van der Waals surface area contributed by atoms with E-state index in [1.165, 1.54) is 37.3 Å². The fraction of sp³-hybridized carbons (Fsp3) is 0.143. The van der Waals surface area contributed by atoms with Gasteiger partial charge in [0.2, 0.25) is 5.88 Å². The molecule has 1 amide bonds. The monoisotopic (exact) mass is 472 g/mol. The Morgan fingerprint density at radius 3 is 2.70 bits per heavy atom. The maximum Gasteiger partial charge on any atom is 0.271 e. The first-order chi connectivity index (χ1) is 15.8. The summed E-state index contributed by atoms with van der Waals surface area (Å²) >= 11 is 0. The molecule has 2 N–H and O–H groups in total. The number of ether oxygens (including phenoxy) is 1. The number of benzene rings is 1. The van der Waals surface area contributed by atoms with Crippen molar-refractivity contribution in [1.29, 1.82) is 0 Å². The number of halogens is 2. The zero-order valence-electron chi connectivity index (χ0n) is 17.7. The number of fused-ring (bicyclic) bond motifs is 1. The lowest BCUT2D eigenvalue weighted by atomic mass is 10.1. The van der Waals surface area contributed by atoms with Crippen LogP contribution in [0.1, 0.15) is 16.1 Å². The zero-order chi connectivity index (χ0) is 23.7. The number of hydrogen-bond donors (Lipinski definition) is 2. The lowest BCUT2D eigenvalue weighted by molar-refractivity contribution is 0.0960. The highest BCUT2D eigenvalue weighted by Crippen LogP contribution is 2.31. The molecule has 0 saturated carbocycles. The van der Waals surface area contributed by atoms with Gasteiger partial charge in [-0.25, -0.2) is 23.0 Å². The van der Waals surface area contributed by atoms with Crippen LogP contribution >= 0.6 is 0 Å². The molecule has 3 aromatic heterocycles. The van der Waals surface area contributed by atoms with E-state index in [1.807, 2.05) is 0 Å². The Morgan fingerprint density at radius 2 is 1.97 bits per heavy atom. The molecular weight excluding hydrogens is 454 g/mol. The SMILES string of the molecule is CNC(=O)c1ncn2cc(-c3c(F)ccc(NS(=O)c4cc(C)cnc4OC)c3F)ncc12. The normalized spacial score (nSPS) is 11.9. The van der Waals surface area contributed by atoms with Crippen molar-refractivity contribution in [3.05, 3.63) is 66.0 Å². The number of pyridine rings is 1. The second kappa shape index (κ2) is 8.90. The number of rotatable bonds is 6. The third kappa shape index (κ3) is 4.12. The standard InChI is InChI=1S/C21H18F2N6O3S/c1-11-6-16(21(32-3)26-7-11)33(31)28-13-5-4-12(22)17(18(13)23)14-9-29-10-27-19(20(30)24-2)15(29)8-25-14/h4-10,28H,1-3H3,(H,24,30). The first-order valence-electron chi connectivity index (χ1n) is 9.56. The quantitative estimate of drug-likeness (QED) is 0.447. The Hall–Kier alpha value is -3.93. The summed E-state index contributed by atoms with van der Waals surface area (Å²) in [6.45, 7) is 1.76. The van der Waals surface area contributed by atoms with Crippen molar-refractivity contribution in [1.82, 2.24) is 24.7 Å². The van der Waals surface area contributed by atoms with Crippen molar-refractivity contribution in [2.45, 2.75) is 11.8 Å². The molecule has 0 aliphatic carbocycles. The molecule has 3 heterocycles. The summed E-state index contributed by atoms with van der Waals surface area (Å²) in [5.74, 6) is -2.15. The fourth-order valence-corrected chi connectivity index (χ4v) is 4.21. The third-order valence-electron chi connectivity index (χ3n) is 4.76. The van der Waals surface area contributed by atoms with E-state index in [0.29, 0.717) is 5.52 Å². The van der Waals surface area contributed by atoms with Gasteiger partial charge in [-0.3, -0.25) is 14.5 Å². The summed E-state index contributed by atoms with van der Waals surface area (Å²) < 4.78 is 51.9. The van der Waals surface area contributed by atoms with Crippen LogP contribution in [0.3, 0.4) is 0 Å². The van der Waals surface area contributed by atoms with Crippen LogP contribution in [0.25, 0.3) is 16.8 Å². The van der Waals surface area contributed by atoms with E-state index in [4.69, 9.17) is 4.74 Å². The van der Waals surface area contributed by atoms with Crippen molar-refractivity contribution in [2.24, 2.45) is 0 Å². The summed E-state index contributed by atoms with van der Waals surface area (Å²) in [7, 11) is 0.898. The van der Waals surface area contributed by atoms with Crippen molar-refractivity contribution in [2.75, 3.05) is 18.9 Å². The predicted octanol–water partition coefficient (Wildman–Crippen LogP) is 2.88. The van der Waals surface area contributed by atoms with Gasteiger partial charge >= 0.3 is 0 Å². The smallest absolute Gasteiger partial charge is 0.271 e. The second-order valence-electron chi connectivity index (χ2n) is 6.91. The van der Waals surface area contributed by atoms with Gasteiger partial charge in [0.15, 0.2) is 22.5 Å². The molecule has 0 aliphatic rings. The average Bonchev–Trinajstić information content (AvgIpc) is 3.23. The van der Waals surface area contributed by atoms with Gasteiger partial charge in [0.25, 0.3) is 5.91 Å². The lowest BCUT2D eigenvalue weighted by Gasteiger charge is -2.13. The summed E-state index contributed by atoms with van der Waals surface area (Å²) in [6, 6.07) is 3.77. The third-order valence-corrected chi connectivity index (χ3v) is 5.86. The second-order valence-corrected chi connectivity index (χ2v) is 8.09. The summed E-state index contributed by atoms with van der Waals surface area (Å²) in [5, 5.41) is 2.46. The van der Waals surface area contributed by atoms with E-state index in [9.17, 15) is 13.4 Å². The average molecular weight is 472 g/mol. The number of nitrogens with one attached hydrogen (secondary N) is 2. The molecule has 0 aliphatic heterocycles. The molecule has 1 aromatic carbocycles. The van der Waals surface area contributed by atoms with Gasteiger partial charge in [0, 0.05) is 19.4 Å². The fourth-order valence-electron chi connectivity index (χ4n) is 3.16. The predicted molar refractivity (Wildman–Crippen MR) is 117 cm³/mol. The van der Waals surface area contributed by atoms with Crippen LogP contribution in [0.5, 0.6) is 5.88 Å².